The van der Waals surface area contributed by atoms with Gasteiger partial charge in [-0.3, -0.25) is 0 Å². The van der Waals surface area contributed by atoms with Gasteiger partial charge in [0.2, 0.25) is 0 Å². The number of nitrogens with one attached hydrogen (secondary N) is 1. The zero-order valence-corrected chi connectivity index (χ0v) is 10.6. The van der Waals surface area contributed by atoms with E-state index in [4.69, 9.17) is 0 Å². The van der Waals surface area contributed by atoms with Crippen molar-refractivity contribution in [2.45, 2.75) is 39.7 Å². The van der Waals surface area contributed by atoms with Gasteiger partial charge in [0.25, 0.3) is 0 Å². The number of fused-ring (bicyclic) bond motifs is 1. The van der Waals surface area contributed by atoms with Crippen molar-refractivity contribution in [2.24, 2.45) is 0 Å². The number of H-pyrrole nitrogens is 1. The highest BCUT2D eigenvalue weighted by molar-refractivity contribution is 5.91. The number of aromatic nitrogens is 3. The second-order valence-electron chi connectivity index (χ2n) is 4.98. The maximum atomic E-state index is 4.51. The molecule has 1 saturated heterocycles. The first kappa shape index (κ1) is 10.6. The molecule has 4 heteroatoms. The van der Waals surface area contributed by atoms with Gasteiger partial charge < -0.3 is 9.88 Å². The van der Waals surface area contributed by atoms with Crippen LogP contribution >= 0.6 is 0 Å². The van der Waals surface area contributed by atoms with Crippen LogP contribution in [0.3, 0.4) is 0 Å². The molecule has 1 aliphatic heterocycles. The largest absolute Gasteiger partial charge is 0.353 e. The van der Waals surface area contributed by atoms with E-state index in [1.165, 1.54) is 29.5 Å². The standard InChI is InChI=1S/C13H18N4/c1-8-5-4-6-17(8)13-11-9(2)10(3)16-12(11)14-7-15-13/h7-8H,4-6H2,1-3H3,(H,14,15,16). The van der Waals surface area contributed by atoms with Gasteiger partial charge in [-0.05, 0) is 39.2 Å². The van der Waals surface area contributed by atoms with Gasteiger partial charge in [-0.1, -0.05) is 0 Å². The molecule has 4 nitrogen and oxygen atoms in total. The van der Waals surface area contributed by atoms with Crippen LogP contribution in [0.25, 0.3) is 11.0 Å². The number of anilines is 1. The maximum Gasteiger partial charge on any atom is 0.143 e. The molecule has 3 rings (SSSR count). The van der Waals surface area contributed by atoms with Crippen molar-refractivity contribution in [2.75, 3.05) is 11.4 Å². The lowest BCUT2D eigenvalue weighted by Crippen LogP contribution is -2.27. The van der Waals surface area contributed by atoms with Crippen molar-refractivity contribution in [3.8, 4) is 0 Å². The average molecular weight is 230 g/mol. The molecule has 1 unspecified atom stereocenters. The van der Waals surface area contributed by atoms with Crippen molar-refractivity contribution < 1.29 is 0 Å². The first-order valence-electron chi connectivity index (χ1n) is 6.25. The van der Waals surface area contributed by atoms with Gasteiger partial charge in [0, 0.05) is 18.3 Å². The molecule has 3 heterocycles. The van der Waals surface area contributed by atoms with Gasteiger partial charge in [0.15, 0.2) is 0 Å². The van der Waals surface area contributed by atoms with Crippen LogP contribution in [0.2, 0.25) is 0 Å². The van der Waals surface area contributed by atoms with Crippen LogP contribution in [0.4, 0.5) is 5.82 Å². The number of aromatic amines is 1. The van der Waals surface area contributed by atoms with Crippen LogP contribution in [0, 0.1) is 13.8 Å². The monoisotopic (exact) mass is 230 g/mol. The SMILES string of the molecule is Cc1[nH]c2ncnc(N3CCCC3C)c2c1C. The fourth-order valence-electron chi connectivity index (χ4n) is 2.74. The van der Waals surface area contributed by atoms with Crippen LogP contribution in [0.5, 0.6) is 0 Å². The lowest BCUT2D eigenvalue weighted by Gasteiger charge is -2.23. The lowest BCUT2D eigenvalue weighted by atomic mass is 10.2. The van der Waals surface area contributed by atoms with Gasteiger partial charge in [0.05, 0.1) is 5.39 Å². The summed E-state index contributed by atoms with van der Waals surface area (Å²) >= 11 is 0. The van der Waals surface area contributed by atoms with E-state index in [-0.39, 0.29) is 0 Å². The minimum atomic E-state index is 0.586. The molecule has 17 heavy (non-hydrogen) atoms. The van der Waals surface area contributed by atoms with E-state index in [1.807, 2.05) is 0 Å². The molecule has 1 N–H and O–H groups in total. The maximum absolute atomic E-state index is 4.51. The molecule has 0 bridgehead atoms. The third-order valence-electron chi connectivity index (χ3n) is 3.90. The van der Waals surface area contributed by atoms with Crippen LogP contribution in [-0.2, 0) is 0 Å². The quantitative estimate of drug-likeness (QED) is 0.819. The molecule has 1 atom stereocenters. The Morgan fingerprint density at radius 1 is 1.35 bits per heavy atom. The summed E-state index contributed by atoms with van der Waals surface area (Å²) in [6, 6.07) is 0.586. The minimum absolute atomic E-state index is 0.586. The summed E-state index contributed by atoms with van der Waals surface area (Å²) in [6.45, 7) is 7.61. The van der Waals surface area contributed by atoms with Crippen molar-refractivity contribution in [1.29, 1.82) is 0 Å². The summed E-state index contributed by atoms with van der Waals surface area (Å²) in [7, 11) is 0. The Labute approximate surface area is 101 Å². The van der Waals surface area contributed by atoms with Crippen LogP contribution < -0.4 is 4.90 Å². The molecule has 90 valence electrons. The highest BCUT2D eigenvalue weighted by Gasteiger charge is 2.24. The summed E-state index contributed by atoms with van der Waals surface area (Å²) in [5, 5.41) is 1.19. The second-order valence-corrected chi connectivity index (χ2v) is 4.98. The number of nitrogens with zero attached hydrogens (tertiary/aromatic N) is 3. The normalized spacial score (nSPS) is 20.4. The van der Waals surface area contributed by atoms with Crippen molar-refractivity contribution in [3.63, 3.8) is 0 Å². The Hall–Kier alpha value is -1.58. The van der Waals surface area contributed by atoms with E-state index >= 15 is 0 Å². The third-order valence-corrected chi connectivity index (χ3v) is 3.90. The minimum Gasteiger partial charge on any atom is -0.353 e. The molecule has 1 fully saturated rings. The summed E-state index contributed by atoms with van der Waals surface area (Å²) in [5.41, 5.74) is 3.42. The topological polar surface area (TPSA) is 44.8 Å². The zero-order valence-electron chi connectivity index (χ0n) is 10.6. The van der Waals surface area contributed by atoms with Crippen molar-refractivity contribution >= 4 is 16.9 Å². The average Bonchev–Trinajstić information content (AvgIpc) is 2.85. The van der Waals surface area contributed by atoms with Crippen LogP contribution in [0.1, 0.15) is 31.0 Å². The van der Waals surface area contributed by atoms with Crippen LogP contribution in [-0.4, -0.2) is 27.5 Å². The predicted octanol–water partition coefficient (Wildman–Crippen LogP) is 2.56. The molecule has 0 radical (unpaired) electrons. The lowest BCUT2D eigenvalue weighted by molar-refractivity contribution is 0.729. The number of rotatable bonds is 1. The number of hydrogen-bond acceptors (Lipinski definition) is 3. The summed E-state index contributed by atoms with van der Waals surface area (Å²) < 4.78 is 0. The first-order valence-corrected chi connectivity index (χ1v) is 6.25. The van der Waals surface area contributed by atoms with E-state index in [0.717, 1.165) is 18.0 Å². The van der Waals surface area contributed by atoms with Gasteiger partial charge >= 0.3 is 0 Å². The van der Waals surface area contributed by atoms with E-state index in [9.17, 15) is 0 Å². The number of aryl methyl sites for hydroxylation is 2. The Morgan fingerprint density at radius 3 is 2.88 bits per heavy atom. The van der Waals surface area contributed by atoms with Gasteiger partial charge in [0.1, 0.15) is 17.8 Å². The Kier molecular flexibility index (Phi) is 2.31. The molecule has 0 spiro atoms. The number of hydrogen-bond donors (Lipinski definition) is 1. The molecule has 2 aromatic rings. The second kappa shape index (κ2) is 3.72. The summed E-state index contributed by atoms with van der Waals surface area (Å²) in [5.74, 6) is 1.10. The van der Waals surface area contributed by atoms with E-state index in [0.29, 0.717) is 6.04 Å². The van der Waals surface area contributed by atoms with Gasteiger partial charge in [-0.2, -0.15) is 0 Å². The van der Waals surface area contributed by atoms with Gasteiger partial charge in [-0.15, -0.1) is 0 Å². The van der Waals surface area contributed by atoms with E-state index < -0.39 is 0 Å². The molecule has 0 aliphatic carbocycles. The summed E-state index contributed by atoms with van der Waals surface area (Å²) in [6.07, 6.45) is 4.18. The fourth-order valence-corrected chi connectivity index (χ4v) is 2.74. The first-order chi connectivity index (χ1) is 8.18. The smallest absolute Gasteiger partial charge is 0.143 e. The van der Waals surface area contributed by atoms with E-state index in [1.54, 1.807) is 6.33 Å². The van der Waals surface area contributed by atoms with Crippen molar-refractivity contribution in [3.05, 3.63) is 17.6 Å². The molecule has 2 aromatic heterocycles. The zero-order chi connectivity index (χ0) is 12.0. The van der Waals surface area contributed by atoms with Crippen molar-refractivity contribution in [1.82, 2.24) is 15.0 Å². The molecule has 0 aromatic carbocycles. The highest BCUT2D eigenvalue weighted by atomic mass is 15.2. The molecule has 0 amide bonds. The fraction of sp³-hybridized carbons (Fsp3) is 0.538. The third kappa shape index (κ3) is 1.51. The Bertz CT molecular complexity index is 558. The molecular weight excluding hydrogens is 212 g/mol. The van der Waals surface area contributed by atoms with Crippen LogP contribution in [0.15, 0.2) is 6.33 Å². The van der Waals surface area contributed by atoms with E-state index in [2.05, 4.69) is 40.6 Å². The Balaban J connectivity index is 2.22. The molecule has 0 saturated carbocycles. The van der Waals surface area contributed by atoms with Gasteiger partial charge in [-0.25, -0.2) is 9.97 Å². The summed E-state index contributed by atoms with van der Waals surface area (Å²) in [4.78, 5) is 14.6. The highest BCUT2D eigenvalue weighted by Crippen LogP contribution is 2.32. The molecular formula is C13H18N4. The Morgan fingerprint density at radius 2 is 2.18 bits per heavy atom. The predicted molar refractivity (Wildman–Crippen MR) is 69.4 cm³/mol. The molecule has 1 aliphatic rings.